The molecule has 0 aliphatic heterocycles. The van der Waals surface area contributed by atoms with Crippen LogP contribution in [0.25, 0.3) is 28.2 Å². The van der Waals surface area contributed by atoms with Crippen molar-refractivity contribution < 1.29 is 4.79 Å². The van der Waals surface area contributed by atoms with E-state index in [0.29, 0.717) is 22.8 Å². The van der Waals surface area contributed by atoms with Crippen LogP contribution in [0.2, 0.25) is 0 Å². The maximum Gasteiger partial charge on any atom is 0.269 e. The second-order valence-corrected chi connectivity index (χ2v) is 6.63. The number of carbonyl (C=O) groups is 1. The number of benzene rings is 2. The molecule has 0 saturated heterocycles. The van der Waals surface area contributed by atoms with Crippen molar-refractivity contribution >= 4 is 17.1 Å². The summed E-state index contributed by atoms with van der Waals surface area (Å²) >= 11 is 0. The molecule has 4 aromatic rings. The number of nitrogens with two attached hydrogens (primary N) is 1. The van der Waals surface area contributed by atoms with Crippen molar-refractivity contribution in [2.75, 3.05) is 0 Å². The predicted octanol–water partition coefficient (Wildman–Crippen LogP) is 3.51. The van der Waals surface area contributed by atoms with Crippen LogP contribution in [0.4, 0.5) is 0 Å². The van der Waals surface area contributed by atoms with Gasteiger partial charge in [-0.05, 0) is 32.9 Å². The molecule has 4 rings (SSSR count). The molecule has 0 atom stereocenters. The topological polar surface area (TPSA) is 86.7 Å². The first-order chi connectivity index (χ1) is 12.9. The molecule has 6 nitrogen and oxygen atoms in total. The van der Waals surface area contributed by atoms with Crippen LogP contribution in [-0.2, 0) is 0 Å². The minimum Gasteiger partial charge on any atom is -0.364 e. The van der Waals surface area contributed by atoms with E-state index in [4.69, 9.17) is 10.7 Å². The van der Waals surface area contributed by atoms with Crippen LogP contribution in [0.1, 0.15) is 27.4 Å². The molecule has 0 aliphatic carbocycles. The Kier molecular flexibility index (Phi) is 3.96. The molecule has 2 N–H and O–H groups in total. The van der Waals surface area contributed by atoms with Crippen LogP contribution in [0.3, 0.4) is 0 Å². The van der Waals surface area contributed by atoms with Gasteiger partial charge in [0.25, 0.3) is 5.91 Å². The quantitative estimate of drug-likeness (QED) is 0.608. The third kappa shape index (κ3) is 2.95. The Morgan fingerprint density at radius 3 is 2.04 bits per heavy atom. The zero-order valence-electron chi connectivity index (χ0n) is 15.4. The minimum atomic E-state index is -0.621. The lowest BCUT2D eigenvalue weighted by Crippen LogP contribution is -2.15. The Morgan fingerprint density at radius 1 is 0.852 bits per heavy atom. The molecule has 0 radical (unpaired) electrons. The van der Waals surface area contributed by atoms with Gasteiger partial charge in [-0.15, -0.1) is 0 Å². The first-order valence-corrected chi connectivity index (χ1v) is 8.65. The summed E-state index contributed by atoms with van der Waals surface area (Å²) in [6.45, 7) is 5.92. The summed E-state index contributed by atoms with van der Waals surface area (Å²) in [5, 5.41) is 0. The molecule has 2 heterocycles. The second-order valence-electron chi connectivity index (χ2n) is 6.63. The fraction of sp³-hybridized carbons (Fsp3) is 0.143. The lowest BCUT2D eigenvalue weighted by Gasteiger charge is -2.08. The Balaban J connectivity index is 2.02. The van der Waals surface area contributed by atoms with E-state index in [1.54, 1.807) is 0 Å². The lowest BCUT2D eigenvalue weighted by atomic mass is 10.1. The van der Waals surface area contributed by atoms with Gasteiger partial charge in [0.05, 0.1) is 0 Å². The summed E-state index contributed by atoms with van der Waals surface area (Å²) in [6.07, 6.45) is 0. The van der Waals surface area contributed by atoms with E-state index in [2.05, 4.69) is 9.97 Å². The fourth-order valence-electron chi connectivity index (χ4n) is 3.07. The molecule has 0 bridgehead atoms. The molecule has 0 unspecified atom stereocenters. The molecule has 2 aromatic carbocycles. The highest BCUT2D eigenvalue weighted by molar-refractivity contribution is 6.02. The number of aromatic nitrogens is 4. The van der Waals surface area contributed by atoms with Crippen molar-refractivity contribution in [2.45, 2.75) is 20.8 Å². The largest absolute Gasteiger partial charge is 0.364 e. The summed E-state index contributed by atoms with van der Waals surface area (Å²) in [5.74, 6) is 0.542. The lowest BCUT2D eigenvalue weighted by molar-refractivity contribution is 0.0997. The number of hydrogen-bond acceptors (Lipinski definition) is 4. The molecule has 27 heavy (non-hydrogen) atoms. The molecule has 1 amide bonds. The first kappa shape index (κ1) is 16.9. The number of amides is 1. The van der Waals surface area contributed by atoms with Gasteiger partial charge in [0.15, 0.2) is 17.2 Å². The highest BCUT2D eigenvalue weighted by Gasteiger charge is 2.20. The van der Waals surface area contributed by atoms with Crippen LogP contribution < -0.4 is 5.73 Å². The van der Waals surface area contributed by atoms with Gasteiger partial charge >= 0.3 is 0 Å². The van der Waals surface area contributed by atoms with Gasteiger partial charge in [0, 0.05) is 11.3 Å². The van der Waals surface area contributed by atoms with Crippen LogP contribution >= 0.6 is 0 Å². The molecule has 134 valence electrons. The van der Waals surface area contributed by atoms with Crippen molar-refractivity contribution in [1.29, 1.82) is 0 Å². The number of imidazole rings is 1. The standard InChI is InChI=1S/C21H19N5O/c1-12-4-8-15(9-5-12)20-24-17(19(22)27)18-21(25-20)26(14(3)23-18)16-10-6-13(2)7-11-16/h4-11H,1-3H3,(H2,22,27). The zero-order valence-corrected chi connectivity index (χ0v) is 15.4. The smallest absolute Gasteiger partial charge is 0.269 e. The number of rotatable bonds is 3. The Hall–Kier alpha value is -3.54. The number of carbonyl (C=O) groups excluding carboxylic acids is 1. The average molecular weight is 357 g/mol. The molecule has 0 aliphatic rings. The van der Waals surface area contributed by atoms with E-state index in [-0.39, 0.29) is 5.69 Å². The molecule has 6 heteroatoms. The summed E-state index contributed by atoms with van der Waals surface area (Å²) in [7, 11) is 0. The molecule has 0 saturated carbocycles. The summed E-state index contributed by atoms with van der Waals surface area (Å²) < 4.78 is 1.92. The predicted molar refractivity (Wildman–Crippen MR) is 105 cm³/mol. The van der Waals surface area contributed by atoms with Crippen molar-refractivity contribution in [2.24, 2.45) is 5.73 Å². The molecule has 2 aromatic heterocycles. The number of nitrogens with zero attached hydrogens (tertiary/aromatic N) is 4. The van der Waals surface area contributed by atoms with Gasteiger partial charge in [-0.1, -0.05) is 47.5 Å². The number of hydrogen-bond donors (Lipinski definition) is 1. The van der Waals surface area contributed by atoms with Gasteiger partial charge in [0.2, 0.25) is 0 Å². The molecular weight excluding hydrogens is 338 g/mol. The third-order valence-corrected chi connectivity index (χ3v) is 4.51. The van der Waals surface area contributed by atoms with Crippen molar-refractivity contribution in [3.05, 3.63) is 71.2 Å². The maximum atomic E-state index is 12.0. The van der Waals surface area contributed by atoms with Crippen LogP contribution in [0, 0.1) is 20.8 Å². The van der Waals surface area contributed by atoms with E-state index in [1.165, 1.54) is 0 Å². The summed E-state index contributed by atoms with van der Waals surface area (Å²) in [6, 6.07) is 15.9. The second kappa shape index (κ2) is 6.32. The fourth-order valence-corrected chi connectivity index (χ4v) is 3.07. The highest BCUT2D eigenvalue weighted by Crippen LogP contribution is 2.25. The van der Waals surface area contributed by atoms with Crippen molar-refractivity contribution in [1.82, 2.24) is 19.5 Å². The summed E-state index contributed by atoms with van der Waals surface area (Å²) in [4.78, 5) is 25.7. The maximum absolute atomic E-state index is 12.0. The number of aryl methyl sites for hydroxylation is 3. The van der Waals surface area contributed by atoms with Gasteiger partial charge in [-0.2, -0.15) is 0 Å². The zero-order chi connectivity index (χ0) is 19.1. The van der Waals surface area contributed by atoms with Gasteiger partial charge < -0.3 is 5.73 Å². The first-order valence-electron chi connectivity index (χ1n) is 8.65. The Labute approximate surface area is 156 Å². The average Bonchev–Trinajstić information content (AvgIpc) is 2.98. The van der Waals surface area contributed by atoms with Crippen LogP contribution in [0.15, 0.2) is 48.5 Å². The van der Waals surface area contributed by atoms with Crippen molar-refractivity contribution in [3.8, 4) is 17.1 Å². The third-order valence-electron chi connectivity index (χ3n) is 4.51. The van der Waals surface area contributed by atoms with Gasteiger partial charge in [-0.3, -0.25) is 9.36 Å². The Morgan fingerprint density at radius 2 is 1.44 bits per heavy atom. The summed E-state index contributed by atoms with van der Waals surface area (Å²) in [5.41, 5.74) is 10.7. The number of primary amides is 1. The van der Waals surface area contributed by atoms with E-state index in [0.717, 1.165) is 22.4 Å². The van der Waals surface area contributed by atoms with E-state index >= 15 is 0 Å². The monoisotopic (exact) mass is 357 g/mol. The SMILES string of the molecule is Cc1ccc(-c2nc(C(N)=O)c3nc(C)n(-c4ccc(C)cc4)c3n2)cc1. The molecular formula is C21H19N5O. The number of fused-ring (bicyclic) bond motifs is 1. The van der Waals surface area contributed by atoms with Gasteiger partial charge in [0.1, 0.15) is 11.3 Å². The van der Waals surface area contributed by atoms with Crippen molar-refractivity contribution in [3.63, 3.8) is 0 Å². The molecule has 0 fully saturated rings. The minimum absolute atomic E-state index is 0.129. The Bertz CT molecular complexity index is 1160. The molecule has 0 spiro atoms. The van der Waals surface area contributed by atoms with E-state index in [1.807, 2.05) is 73.9 Å². The van der Waals surface area contributed by atoms with E-state index < -0.39 is 5.91 Å². The van der Waals surface area contributed by atoms with E-state index in [9.17, 15) is 4.79 Å². The van der Waals surface area contributed by atoms with Gasteiger partial charge in [-0.25, -0.2) is 15.0 Å². The van der Waals surface area contributed by atoms with Crippen LogP contribution in [0.5, 0.6) is 0 Å². The normalized spacial score (nSPS) is 11.1. The van der Waals surface area contributed by atoms with Crippen LogP contribution in [-0.4, -0.2) is 25.4 Å². The highest BCUT2D eigenvalue weighted by atomic mass is 16.1.